The van der Waals surface area contributed by atoms with Gasteiger partial charge in [0.05, 0.1) is 23.6 Å². The van der Waals surface area contributed by atoms with E-state index in [1.165, 1.54) is 31.6 Å². The number of hydrogen-bond donors (Lipinski definition) is 2. The summed E-state index contributed by atoms with van der Waals surface area (Å²) in [5.74, 6) is 0.183. The predicted octanol–water partition coefficient (Wildman–Crippen LogP) is 2.68. The molecule has 0 aliphatic carbocycles. The van der Waals surface area contributed by atoms with Crippen LogP contribution in [-0.2, 0) is 21.2 Å². The fraction of sp³-hybridized carbons (Fsp3) is 0.174. The number of rotatable bonds is 8. The van der Waals surface area contributed by atoms with Gasteiger partial charge in [-0.25, -0.2) is 13.4 Å². The molecule has 4 rings (SSSR count). The van der Waals surface area contributed by atoms with Gasteiger partial charge in [-0.2, -0.15) is 4.31 Å². The van der Waals surface area contributed by atoms with Gasteiger partial charge in [0.1, 0.15) is 10.7 Å². The topological polar surface area (TPSA) is 108 Å². The third-order valence-electron chi connectivity index (χ3n) is 5.06. The summed E-state index contributed by atoms with van der Waals surface area (Å²) in [6.45, 7) is -0.331. The average molecular weight is 450 g/mol. The average Bonchev–Trinajstić information content (AvgIpc) is 3.24. The number of fused-ring (bicyclic) bond motifs is 1. The first-order valence-electron chi connectivity index (χ1n) is 10.1. The second-order valence-corrected chi connectivity index (χ2v) is 9.44. The molecule has 0 spiro atoms. The standard InChI is InChI=1S/C23H23N5O3S/c1-28(32(30,31)18-10-7-13-24-15-18)16-22(29)25-21(14-17-8-3-2-4-9-17)23-26-19-11-5-6-12-20(19)27-23/h2-13,15,21H,14,16H2,1H3,(H,25,29)(H,26,27)/t21-/m0/s1. The maximum atomic E-state index is 12.8. The van der Waals surface area contributed by atoms with E-state index in [9.17, 15) is 13.2 Å². The van der Waals surface area contributed by atoms with Crippen molar-refractivity contribution in [1.82, 2.24) is 24.6 Å². The third-order valence-corrected chi connectivity index (χ3v) is 6.85. The molecule has 1 atom stereocenters. The summed E-state index contributed by atoms with van der Waals surface area (Å²) in [5, 5.41) is 2.94. The van der Waals surface area contributed by atoms with Gasteiger partial charge in [0.25, 0.3) is 0 Å². The molecule has 164 valence electrons. The first-order valence-corrected chi connectivity index (χ1v) is 11.5. The molecule has 0 saturated carbocycles. The number of imidazole rings is 1. The van der Waals surface area contributed by atoms with Crippen LogP contribution in [0.5, 0.6) is 0 Å². The number of nitrogens with one attached hydrogen (secondary N) is 2. The first kappa shape index (κ1) is 21.7. The van der Waals surface area contributed by atoms with Crippen molar-refractivity contribution in [2.24, 2.45) is 0 Å². The van der Waals surface area contributed by atoms with Crippen molar-refractivity contribution in [3.63, 3.8) is 0 Å². The lowest BCUT2D eigenvalue weighted by molar-refractivity contribution is -0.121. The highest BCUT2D eigenvalue weighted by molar-refractivity contribution is 7.89. The van der Waals surface area contributed by atoms with Gasteiger partial charge in [0.15, 0.2) is 0 Å². The normalized spacial score (nSPS) is 12.7. The highest BCUT2D eigenvalue weighted by Crippen LogP contribution is 2.20. The summed E-state index contributed by atoms with van der Waals surface area (Å²) in [6, 6.07) is 19.9. The molecule has 0 aliphatic rings. The number of benzene rings is 2. The lowest BCUT2D eigenvalue weighted by Gasteiger charge is -2.20. The number of nitrogens with zero attached hydrogens (tertiary/aromatic N) is 3. The van der Waals surface area contributed by atoms with Gasteiger partial charge in [0, 0.05) is 19.4 Å². The number of amides is 1. The monoisotopic (exact) mass is 449 g/mol. The Labute approximate surface area is 186 Å². The van der Waals surface area contributed by atoms with Crippen LogP contribution in [0.2, 0.25) is 0 Å². The van der Waals surface area contributed by atoms with Gasteiger partial charge in [-0.15, -0.1) is 0 Å². The zero-order valence-corrected chi connectivity index (χ0v) is 18.3. The van der Waals surface area contributed by atoms with Crippen molar-refractivity contribution >= 4 is 27.0 Å². The molecule has 0 unspecified atom stereocenters. The first-order chi connectivity index (χ1) is 15.4. The maximum absolute atomic E-state index is 12.8. The number of H-pyrrole nitrogens is 1. The molecule has 2 aromatic carbocycles. The van der Waals surface area contributed by atoms with Crippen LogP contribution in [0, 0.1) is 0 Å². The Kier molecular flexibility index (Phi) is 6.29. The van der Waals surface area contributed by atoms with Gasteiger partial charge in [-0.1, -0.05) is 42.5 Å². The van der Waals surface area contributed by atoms with Crippen LogP contribution in [-0.4, -0.2) is 47.2 Å². The van der Waals surface area contributed by atoms with Crippen molar-refractivity contribution in [3.8, 4) is 0 Å². The highest BCUT2D eigenvalue weighted by Gasteiger charge is 2.25. The lowest BCUT2D eigenvalue weighted by atomic mass is 10.1. The molecule has 1 amide bonds. The van der Waals surface area contributed by atoms with E-state index in [0.29, 0.717) is 12.2 Å². The Morgan fingerprint density at radius 3 is 2.53 bits per heavy atom. The minimum Gasteiger partial charge on any atom is -0.345 e. The van der Waals surface area contributed by atoms with Crippen molar-refractivity contribution in [3.05, 3.63) is 90.5 Å². The van der Waals surface area contributed by atoms with Crippen LogP contribution < -0.4 is 5.32 Å². The van der Waals surface area contributed by atoms with E-state index >= 15 is 0 Å². The largest absolute Gasteiger partial charge is 0.345 e. The zero-order chi connectivity index (χ0) is 22.6. The number of carbonyl (C=O) groups is 1. The van der Waals surface area contributed by atoms with E-state index in [1.54, 1.807) is 0 Å². The maximum Gasteiger partial charge on any atom is 0.244 e. The fourth-order valence-corrected chi connectivity index (χ4v) is 4.50. The molecule has 2 aromatic heterocycles. The summed E-state index contributed by atoms with van der Waals surface area (Å²) in [4.78, 5) is 24.6. The number of aromatic amines is 1. The molecule has 0 aliphatic heterocycles. The van der Waals surface area contributed by atoms with Gasteiger partial charge < -0.3 is 10.3 Å². The van der Waals surface area contributed by atoms with Gasteiger partial charge in [0.2, 0.25) is 15.9 Å². The van der Waals surface area contributed by atoms with E-state index in [-0.39, 0.29) is 11.4 Å². The lowest BCUT2D eigenvalue weighted by Crippen LogP contribution is -2.40. The van der Waals surface area contributed by atoms with Crippen LogP contribution in [0.25, 0.3) is 11.0 Å². The molecule has 2 N–H and O–H groups in total. The Balaban J connectivity index is 1.54. The van der Waals surface area contributed by atoms with E-state index in [0.717, 1.165) is 20.9 Å². The minimum absolute atomic E-state index is 0.0356. The number of para-hydroxylation sites is 2. The smallest absolute Gasteiger partial charge is 0.244 e. The van der Waals surface area contributed by atoms with E-state index < -0.39 is 22.0 Å². The Morgan fingerprint density at radius 1 is 1.06 bits per heavy atom. The third kappa shape index (κ3) is 4.84. The molecular formula is C23H23N5O3S. The quantitative estimate of drug-likeness (QED) is 0.430. The molecular weight excluding hydrogens is 426 g/mol. The molecule has 4 aromatic rings. The molecule has 0 saturated heterocycles. The highest BCUT2D eigenvalue weighted by atomic mass is 32.2. The van der Waals surface area contributed by atoms with E-state index in [2.05, 4.69) is 20.3 Å². The number of carbonyl (C=O) groups excluding carboxylic acids is 1. The predicted molar refractivity (Wildman–Crippen MR) is 121 cm³/mol. The van der Waals surface area contributed by atoms with E-state index in [4.69, 9.17) is 0 Å². The SMILES string of the molecule is CN(CC(=O)N[C@@H](Cc1ccccc1)c1nc2ccccc2[nH]1)S(=O)(=O)c1cccnc1. The second-order valence-electron chi connectivity index (χ2n) is 7.40. The molecule has 0 fully saturated rings. The van der Waals surface area contributed by atoms with E-state index in [1.807, 2.05) is 54.6 Å². The van der Waals surface area contributed by atoms with Crippen molar-refractivity contribution in [2.75, 3.05) is 13.6 Å². The molecule has 0 bridgehead atoms. The van der Waals surface area contributed by atoms with Crippen LogP contribution in [0.4, 0.5) is 0 Å². The summed E-state index contributed by atoms with van der Waals surface area (Å²) in [6.07, 6.45) is 3.26. The molecule has 0 radical (unpaired) electrons. The summed E-state index contributed by atoms with van der Waals surface area (Å²) in [5.41, 5.74) is 2.69. The van der Waals surface area contributed by atoms with Crippen molar-refractivity contribution < 1.29 is 13.2 Å². The Bertz CT molecular complexity index is 1270. The summed E-state index contributed by atoms with van der Waals surface area (Å²) in [7, 11) is -2.46. The number of sulfonamides is 1. The molecule has 2 heterocycles. The van der Waals surface area contributed by atoms with Gasteiger partial charge in [-0.3, -0.25) is 9.78 Å². The Hall–Kier alpha value is -3.56. The van der Waals surface area contributed by atoms with Crippen LogP contribution >= 0.6 is 0 Å². The van der Waals surface area contributed by atoms with Crippen molar-refractivity contribution in [1.29, 1.82) is 0 Å². The fourth-order valence-electron chi connectivity index (χ4n) is 3.41. The molecule has 9 heteroatoms. The van der Waals surface area contributed by atoms with Crippen LogP contribution in [0.1, 0.15) is 17.4 Å². The van der Waals surface area contributed by atoms with Crippen molar-refractivity contribution in [2.45, 2.75) is 17.4 Å². The molecule has 8 nitrogen and oxygen atoms in total. The summed E-state index contributed by atoms with van der Waals surface area (Å²) >= 11 is 0. The number of aromatic nitrogens is 3. The van der Waals surface area contributed by atoms with Crippen LogP contribution in [0.15, 0.2) is 84.0 Å². The number of likely N-dealkylation sites (N-methyl/N-ethyl adjacent to an activating group) is 1. The Morgan fingerprint density at radius 2 is 1.81 bits per heavy atom. The summed E-state index contributed by atoms with van der Waals surface area (Å²) < 4.78 is 26.5. The number of hydrogen-bond acceptors (Lipinski definition) is 5. The zero-order valence-electron chi connectivity index (χ0n) is 17.5. The molecule has 32 heavy (non-hydrogen) atoms. The van der Waals surface area contributed by atoms with Gasteiger partial charge >= 0.3 is 0 Å². The van der Waals surface area contributed by atoms with Crippen LogP contribution in [0.3, 0.4) is 0 Å². The number of pyridine rings is 1. The minimum atomic E-state index is -3.83. The second kappa shape index (κ2) is 9.29. The van der Waals surface area contributed by atoms with Gasteiger partial charge in [-0.05, 0) is 36.2 Å².